The molecule has 88 valence electrons. The van der Waals surface area contributed by atoms with Gasteiger partial charge in [0.05, 0.1) is 5.02 Å². The molecule has 2 nitrogen and oxygen atoms in total. The van der Waals surface area contributed by atoms with Crippen LogP contribution in [0.3, 0.4) is 0 Å². The van der Waals surface area contributed by atoms with Crippen molar-refractivity contribution in [1.82, 2.24) is 0 Å². The van der Waals surface area contributed by atoms with Crippen molar-refractivity contribution < 1.29 is 4.74 Å². The van der Waals surface area contributed by atoms with Crippen molar-refractivity contribution in [1.29, 1.82) is 0 Å². The van der Waals surface area contributed by atoms with Gasteiger partial charge in [0, 0.05) is 10.7 Å². The molecular weight excluding hydrogens is 257 g/mol. The summed E-state index contributed by atoms with van der Waals surface area (Å²) in [7, 11) is 0. The zero-order valence-corrected chi connectivity index (χ0v) is 10.7. The van der Waals surface area contributed by atoms with Gasteiger partial charge in [-0.15, -0.1) is 0 Å². The maximum atomic E-state index is 6.02. The number of anilines is 1. The zero-order valence-electron chi connectivity index (χ0n) is 9.21. The van der Waals surface area contributed by atoms with Crippen LogP contribution in [0.1, 0.15) is 5.56 Å². The Morgan fingerprint density at radius 1 is 1.00 bits per heavy atom. The molecule has 0 heterocycles. The van der Waals surface area contributed by atoms with Crippen LogP contribution in [0, 0.1) is 6.92 Å². The SMILES string of the molecule is Cc1cc(Oc2ccc(N)cc2Cl)ccc1Cl. The first-order valence-electron chi connectivity index (χ1n) is 5.05. The molecule has 2 aromatic rings. The monoisotopic (exact) mass is 267 g/mol. The van der Waals surface area contributed by atoms with Crippen LogP contribution in [0.4, 0.5) is 5.69 Å². The third-order valence-electron chi connectivity index (χ3n) is 2.31. The molecule has 0 aliphatic rings. The molecule has 0 saturated heterocycles. The van der Waals surface area contributed by atoms with Gasteiger partial charge in [0.2, 0.25) is 0 Å². The second kappa shape index (κ2) is 4.86. The van der Waals surface area contributed by atoms with E-state index in [9.17, 15) is 0 Å². The molecular formula is C13H11Cl2NO. The van der Waals surface area contributed by atoms with E-state index in [-0.39, 0.29) is 0 Å². The van der Waals surface area contributed by atoms with Crippen molar-refractivity contribution in [3.05, 3.63) is 52.0 Å². The number of aryl methyl sites for hydroxylation is 1. The average Bonchev–Trinajstić information content (AvgIpc) is 2.27. The van der Waals surface area contributed by atoms with Gasteiger partial charge in [0.1, 0.15) is 11.5 Å². The Kier molecular flexibility index (Phi) is 3.46. The van der Waals surface area contributed by atoms with Crippen molar-refractivity contribution >= 4 is 28.9 Å². The Hall–Kier alpha value is -1.38. The highest BCUT2D eigenvalue weighted by Crippen LogP contribution is 2.32. The number of nitrogen functional groups attached to an aromatic ring is 1. The lowest BCUT2D eigenvalue weighted by Crippen LogP contribution is -1.89. The number of ether oxygens (including phenoxy) is 1. The minimum Gasteiger partial charge on any atom is -0.456 e. The molecule has 0 unspecified atom stereocenters. The van der Waals surface area contributed by atoms with Crippen molar-refractivity contribution in [3.8, 4) is 11.5 Å². The number of halogens is 2. The lowest BCUT2D eigenvalue weighted by Gasteiger charge is -2.09. The van der Waals surface area contributed by atoms with Gasteiger partial charge in [0.25, 0.3) is 0 Å². The quantitative estimate of drug-likeness (QED) is 0.803. The highest BCUT2D eigenvalue weighted by atomic mass is 35.5. The lowest BCUT2D eigenvalue weighted by molar-refractivity contribution is 0.482. The van der Waals surface area contributed by atoms with Gasteiger partial charge < -0.3 is 10.5 Å². The molecule has 2 rings (SSSR count). The van der Waals surface area contributed by atoms with Crippen molar-refractivity contribution in [2.75, 3.05) is 5.73 Å². The predicted molar refractivity (Wildman–Crippen MR) is 72.1 cm³/mol. The van der Waals surface area contributed by atoms with Gasteiger partial charge in [-0.25, -0.2) is 0 Å². The second-order valence-electron chi connectivity index (χ2n) is 3.70. The van der Waals surface area contributed by atoms with Crippen LogP contribution in [-0.4, -0.2) is 0 Å². The fourth-order valence-electron chi connectivity index (χ4n) is 1.41. The molecule has 2 aromatic carbocycles. The third-order valence-corrected chi connectivity index (χ3v) is 3.03. The van der Waals surface area contributed by atoms with Crippen molar-refractivity contribution in [3.63, 3.8) is 0 Å². The van der Waals surface area contributed by atoms with E-state index in [1.807, 2.05) is 13.0 Å². The van der Waals surface area contributed by atoms with Gasteiger partial charge in [-0.05, 0) is 48.9 Å². The summed E-state index contributed by atoms with van der Waals surface area (Å²) < 4.78 is 5.65. The second-order valence-corrected chi connectivity index (χ2v) is 4.52. The number of benzene rings is 2. The average molecular weight is 268 g/mol. The topological polar surface area (TPSA) is 35.2 Å². The highest BCUT2D eigenvalue weighted by molar-refractivity contribution is 6.32. The van der Waals surface area contributed by atoms with E-state index < -0.39 is 0 Å². The predicted octanol–water partition coefficient (Wildman–Crippen LogP) is 4.68. The largest absolute Gasteiger partial charge is 0.456 e. The minimum atomic E-state index is 0.484. The van der Waals surface area contributed by atoms with Crippen LogP contribution < -0.4 is 10.5 Å². The maximum absolute atomic E-state index is 6.02. The van der Waals surface area contributed by atoms with E-state index in [1.54, 1.807) is 30.3 Å². The number of hydrogen-bond acceptors (Lipinski definition) is 2. The molecule has 0 aliphatic heterocycles. The van der Waals surface area contributed by atoms with Crippen LogP contribution in [0.2, 0.25) is 10.0 Å². The fraction of sp³-hybridized carbons (Fsp3) is 0.0769. The van der Waals surface area contributed by atoms with Crippen molar-refractivity contribution in [2.24, 2.45) is 0 Å². The molecule has 0 aliphatic carbocycles. The fourth-order valence-corrected chi connectivity index (χ4v) is 1.75. The summed E-state index contributed by atoms with van der Waals surface area (Å²) in [6, 6.07) is 10.6. The molecule has 0 radical (unpaired) electrons. The molecule has 0 bridgehead atoms. The maximum Gasteiger partial charge on any atom is 0.146 e. The Morgan fingerprint density at radius 2 is 1.76 bits per heavy atom. The van der Waals surface area contributed by atoms with E-state index >= 15 is 0 Å². The summed E-state index contributed by atoms with van der Waals surface area (Å²) in [6.45, 7) is 1.92. The van der Waals surface area contributed by atoms with E-state index in [1.165, 1.54) is 0 Å². The van der Waals surface area contributed by atoms with Crippen molar-refractivity contribution in [2.45, 2.75) is 6.92 Å². The number of nitrogens with two attached hydrogens (primary N) is 1. The van der Waals surface area contributed by atoms with Gasteiger partial charge >= 0.3 is 0 Å². The van der Waals surface area contributed by atoms with E-state index in [2.05, 4.69) is 0 Å². The minimum absolute atomic E-state index is 0.484. The molecule has 0 atom stereocenters. The lowest BCUT2D eigenvalue weighted by atomic mass is 10.2. The summed E-state index contributed by atoms with van der Waals surface area (Å²) in [5, 5.41) is 1.19. The summed E-state index contributed by atoms with van der Waals surface area (Å²) in [6.07, 6.45) is 0. The first-order chi connectivity index (χ1) is 8.06. The molecule has 0 saturated carbocycles. The Labute approximate surface area is 110 Å². The van der Waals surface area contributed by atoms with E-state index in [4.69, 9.17) is 33.7 Å². The van der Waals surface area contributed by atoms with Gasteiger partial charge in [-0.3, -0.25) is 0 Å². The summed E-state index contributed by atoms with van der Waals surface area (Å²) in [5.41, 5.74) is 7.17. The molecule has 0 fully saturated rings. The van der Waals surface area contributed by atoms with Crippen LogP contribution in [0.15, 0.2) is 36.4 Å². The van der Waals surface area contributed by atoms with Gasteiger partial charge in [-0.1, -0.05) is 23.2 Å². The smallest absolute Gasteiger partial charge is 0.146 e. The Morgan fingerprint density at radius 3 is 2.41 bits per heavy atom. The summed E-state index contributed by atoms with van der Waals surface area (Å²) in [4.78, 5) is 0. The van der Waals surface area contributed by atoms with Gasteiger partial charge in [-0.2, -0.15) is 0 Å². The first kappa shape index (κ1) is 12.1. The molecule has 2 N–H and O–H groups in total. The van der Waals surface area contributed by atoms with Crippen LogP contribution in [0.5, 0.6) is 11.5 Å². The standard InChI is InChI=1S/C13H11Cl2NO/c1-8-6-10(3-4-11(8)14)17-13-5-2-9(16)7-12(13)15/h2-7H,16H2,1H3. The van der Waals surface area contributed by atoms with E-state index in [0.29, 0.717) is 27.2 Å². The van der Waals surface area contributed by atoms with E-state index in [0.717, 1.165) is 5.56 Å². The Balaban J connectivity index is 2.28. The van der Waals surface area contributed by atoms with Gasteiger partial charge in [0.15, 0.2) is 0 Å². The normalized spacial score (nSPS) is 10.3. The third kappa shape index (κ3) is 2.84. The molecule has 4 heteroatoms. The first-order valence-corrected chi connectivity index (χ1v) is 5.81. The molecule has 0 aromatic heterocycles. The van der Waals surface area contributed by atoms with Crippen LogP contribution >= 0.6 is 23.2 Å². The highest BCUT2D eigenvalue weighted by Gasteiger charge is 2.04. The zero-order chi connectivity index (χ0) is 12.4. The van der Waals surface area contributed by atoms with Crippen LogP contribution in [-0.2, 0) is 0 Å². The molecule has 0 amide bonds. The Bertz CT molecular complexity index is 555. The van der Waals surface area contributed by atoms with Crippen LogP contribution in [0.25, 0.3) is 0 Å². The number of rotatable bonds is 2. The number of hydrogen-bond donors (Lipinski definition) is 1. The molecule has 17 heavy (non-hydrogen) atoms. The molecule has 0 spiro atoms. The summed E-state index contributed by atoms with van der Waals surface area (Å²) in [5.74, 6) is 1.26. The summed E-state index contributed by atoms with van der Waals surface area (Å²) >= 11 is 12.0.